The SMILES string of the molecule is C=CCC(C)C(C)N(CCO)CC(C)(C)C. The van der Waals surface area contributed by atoms with Crippen molar-refractivity contribution in [3.05, 3.63) is 12.7 Å². The first-order chi connectivity index (χ1) is 7.31. The van der Waals surface area contributed by atoms with E-state index in [4.69, 9.17) is 5.11 Å². The van der Waals surface area contributed by atoms with Gasteiger partial charge in [-0.3, -0.25) is 4.90 Å². The summed E-state index contributed by atoms with van der Waals surface area (Å²) in [5.74, 6) is 0.589. The highest BCUT2D eigenvalue weighted by Crippen LogP contribution is 2.21. The molecule has 0 aromatic rings. The zero-order chi connectivity index (χ0) is 12.8. The van der Waals surface area contributed by atoms with E-state index in [1.807, 2.05) is 6.08 Å². The molecule has 0 heterocycles. The average Bonchev–Trinajstić information content (AvgIpc) is 2.14. The third-order valence-electron chi connectivity index (χ3n) is 3.00. The van der Waals surface area contributed by atoms with Gasteiger partial charge in [0, 0.05) is 19.1 Å². The Labute approximate surface area is 101 Å². The number of aliphatic hydroxyl groups excluding tert-OH is 1. The predicted octanol–water partition coefficient (Wildman–Crippen LogP) is 2.93. The maximum absolute atomic E-state index is 9.13. The van der Waals surface area contributed by atoms with E-state index < -0.39 is 0 Å². The molecular weight excluding hydrogens is 198 g/mol. The fourth-order valence-corrected chi connectivity index (χ4v) is 1.98. The monoisotopic (exact) mass is 227 g/mol. The van der Waals surface area contributed by atoms with E-state index in [-0.39, 0.29) is 12.0 Å². The molecule has 2 atom stereocenters. The summed E-state index contributed by atoms with van der Waals surface area (Å²) >= 11 is 0. The highest BCUT2D eigenvalue weighted by molar-refractivity contribution is 4.81. The molecule has 0 amide bonds. The largest absolute Gasteiger partial charge is 0.395 e. The second-order valence-electron chi connectivity index (χ2n) is 6.00. The molecule has 0 rings (SSSR count). The number of nitrogens with zero attached hydrogens (tertiary/aromatic N) is 1. The van der Waals surface area contributed by atoms with Crippen molar-refractivity contribution in [3.63, 3.8) is 0 Å². The lowest BCUT2D eigenvalue weighted by Crippen LogP contribution is -2.43. The minimum Gasteiger partial charge on any atom is -0.395 e. The second kappa shape index (κ2) is 7.08. The lowest BCUT2D eigenvalue weighted by molar-refractivity contribution is 0.0916. The summed E-state index contributed by atoms with van der Waals surface area (Å²) in [5, 5.41) is 9.13. The van der Waals surface area contributed by atoms with Crippen LogP contribution in [0.15, 0.2) is 12.7 Å². The Morgan fingerprint density at radius 3 is 2.25 bits per heavy atom. The molecule has 96 valence electrons. The summed E-state index contributed by atoms with van der Waals surface area (Å²) < 4.78 is 0. The van der Waals surface area contributed by atoms with Gasteiger partial charge in [0.1, 0.15) is 0 Å². The van der Waals surface area contributed by atoms with Gasteiger partial charge in [-0.25, -0.2) is 0 Å². The lowest BCUT2D eigenvalue weighted by atomic mass is 9.92. The van der Waals surface area contributed by atoms with E-state index in [2.05, 4.69) is 46.1 Å². The van der Waals surface area contributed by atoms with E-state index in [9.17, 15) is 0 Å². The second-order valence-corrected chi connectivity index (χ2v) is 6.00. The van der Waals surface area contributed by atoms with Crippen molar-refractivity contribution in [2.45, 2.75) is 47.1 Å². The molecule has 0 aliphatic rings. The molecule has 2 unspecified atom stereocenters. The van der Waals surface area contributed by atoms with Gasteiger partial charge in [0.15, 0.2) is 0 Å². The number of allylic oxidation sites excluding steroid dienone is 1. The van der Waals surface area contributed by atoms with Gasteiger partial charge in [0.05, 0.1) is 6.61 Å². The van der Waals surface area contributed by atoms with Crippen LogP contribution in [0, 0.1) is 11.3 Å². The number of aliphatic hydroxyl groups is 1. The minimum absolute atomic E-state index is 0.237. The summed E-state index contributed by atoms with van der Waals surface area (Å²) in [5.41, 5.74) is 0.275. The Morgan fingerprint density at radius 1 is 1.31 bits per heavy atom. The van der Waals surface area contributed by atoms with Crippen molar-refractivity contribution in [3.8, 4) is 0 Å². The normalized spacial score (nSPS) is 16.2. The van der Waals surface area contributed by atoms with Crippen molar-refractivity contribution in [1.82, 2.24) is 4.90 Å². The van der Waals surface area contributed by atoms with Gasteiger partial charge in [0.25, 0.3) is 0 Å². The van der Waals surface area contributed by atoms with Crippen LogP contribution >= 0.6 is 0 Å². The van der Waals surface area contributed by atoms with E-state index >= 15 is 0 Å². The fraction of sp³-hybridized carbons (Fsp3) is 0.857. The zero-order valence-corrected chi connectivity index (χ0v) is 11.7. The highest BCUT2D eigenvalue weighted by atomic mass is 16.3. The van der Waals surface area contributed by atoms with Crippen LogP contribution in [0.3, 0.4) is 0 Å². The van der Waals surface area contributed by atoms with Gasteiger partial charge in [-0.15, -0.1) is 6.58 Å². The van der Waals surface area contributed by atoms with Gasteiger partial charge in [-0.2, -0.15) is 0 Å². The van der Waals surface area contributed by atoms with Gasteiger partial charge in [0.2, 0.25) is 0 Å². The van der Waals surface area contributed by atoms with Crippen LogP contribution in [-0.2, 0) is 0 Å². The molecule has 0 radical (unpaired) electrons. The molecule has 16 heavy (non-hydrogen) atoms. The molecule has 2 heteroatoms. The minimum atomic E-state index is 0.237. The summed E-state index contributed by atoms with van der Waals surface area (Å²) in [6, 6.07) is 0.490. The van der Waals surface area contributed by atoms with Crippen LogP contribution in [0.4, 0.5) is 0 Å². The van der Waals surface area contributed by atoms with Crippen LogP contribution in [0.1, 0.15) is 41.0 Å². The van der Waals surface area contributed by atoms with E-state index in [0.717, 1.165) is 19.5 Å². The average molecular weight is 227 g/mol. The quantitative estimate of drug-likeness (QED) is 0.676. The number of hydrogen-bond acceptors (Lipinski definition) is 2. The topological polar surface area (TPSA) is 23.5 Å². The van der Waals surface area contributed by atoms with Crippen LogP contribution in [0.5, 0.6) is 0 Å². The summed E-state index contributed by atoms with van der Waals surface area (Å²) in [6.07, 6.45) is 3.02. The Hall–Kier alpha value is -0.340. The van der Waals surface area contributed by atoms with E-state index in [1.54, 1.807) is 0 Å². The summed E-state index contributed by atoms with van der Waals surface area (Å²) in [7, 11) is 0. The summed E-state index contributed by atoms with van der Waals surface area (Å²) in [6.45, 7) is 17.0. The Morgan fingerprint density at radius 2 is 1.88 bits per heavy atom. The zero-order valence-electron chi connectivity index (χ0n) is 11.7. The van der Waals surface area contributed by atoms with Gasteiger partial charge in [-0.1, -0.05) is 33.8 Å². The van der Waals surface area contributed by atoms with Crippen LogP contribution in [0.25, 0.3) is 0 Å². The number of rotatable bonds is 7. The molecule has 0 spiro atoms. The van der Waals surface area contributed by atoms with E-state index in [1.165, 1.54) is 0 Å². The van der Waals surface area contributed by atoms with Crippen LogP contribution < -0.4 is 0 Å². The summed E-state index contributed by atoms with van der Waals surface area (Å²) in [4.78, 5) is 2.38. The standard InChI is InChI=1S/C14H29NO/c1-7-8-12(2)13(3)15(9-10-16)11-14(4,5)6/h7,12-13,16H,1,8-11H2,2-6H3. The van der Waals surface area contributed by atoms with Gasteiger partial charge >= 0.3 is 0 Å². The highest BCUT2D eigenvalue weighted by Gasteiger charge is 2.23. The Balaban J connectivity index is 4.44. The van der Waals surface area contributed by atoms with Gasteiger partial charge < -0.3 is 5.11 Å². The van der Waals surface area contributed by atoms with Crippen molar-refractivity contribution < 1.29 is 5.11 Å². The molecule has 0 fully saturated rings. The van der Waals surface area contributed by atoms with Crippen molar-refractivity contribution in [2.24, 2.45) is 11.3 Å². The predicted molar refractivity (Wildman–Crippen MR) is 71.6 cm³/mol. The molecule has 0 aliphatic heterocycles. The third kappa shape index (κ3) is 6.29. The van der Waals surface area contributed by atoms with Gasteiger partial charge in [-0.05, 0) is 24.7 Å². The molecule has 0 aromatic heterocycles. The molecule has 0 saturated heterocycles. The molecule has 0 saturated carbocycles. The Kier molecular flexibility index (Phi) is 6.93. The first-order valence-electron chi connectivity index (χ1n) is 6.27. The molecule has 1 N–H and O–H groups in total. The van der Waals surface area contributed by atoms with Crippen LogP contribution in [-0.4, -0.2) is 35.7 Å². The molecule has 0 aromatic carbocycles. The first-order valence-corrected chi connectivity index (χ1v) is 6.27. The molecule has 2 nitrogen and oxygen atoms in total. The first kappa shape index (κ1) is 15.7. The Bertz CT molecular complexity index is 195. The van der Waals surface area contributed by atoms with E-state index in [0.29, 0.717) is 12.0 Å². The molecule has 0 bridgehead atoms. The number of hydrogen-bond donors (Lipinski definition) is 1. The smallest absolute Gasteiger partial charge is 0.0558 e. The third-order valence-corrected chi connectivity index (χ3v) is 3.00. The van der Waals surface area contributed by atoms with Crippen molar-refractivity contribution in [2.75, 3.05) is 19.7 Å². The lowest BCUT2D eigenvalue weighted by Gasteiger charge is -2.37. The molecule has 0 aliphatic carbocycles. The molecular formula is C14H29NO. The van der Waals surface area contributed by atoms with Crippen molar-refractivity contribution >= 4 is 0 Å². The fourth-order valence-electron chi connectivity index (χ4n) is 1.98. The maximum atomic E-state index is 9.13. The van der Waals surface area contributed by atoms with Crippen LogP contribution in [0.2, 0.25) is 0 Å². The van der Waals surface area contributed by atoms with Crippen molar-refractivity contribution in [1.29, 1.82) is 0 Å². The maximum Gasteiger partial charge on any atom is 0.0558 e.